The molecule has 2 amide bonds. The van der Waals surface area contributed by atoms with Gasteiger partial charge in [-0.15, -0.1) is 0 Å². The van der Waals surface area contributed by atoms with Crippen molar-refractivity contribution in [1.82, 2.24) is 15.3 Å². The van der Waals surface area contributed by atoms with Crippen LogP contribution in [0.3, 0.4) is 0 Å². The van der Waals surface area contributed by atoms with Gasteiger partial charge in [0.1, 0.15) is 5.75 Å². The Balaban J connectivity index is 1.37. The van der Waals surface area contributed by atoms with Crippen LogP contribution in [0.2, 0.25) is 0 Å². The minimum atomic E-state index is -0.238. The van der Waals surface area contributed by atoms with Crippen molar-refractivity contribution < 1.29 is 9.53 Å². The molecule has 0 aliphatic rings. The van der Waals surface area contributed by atoms with Crippen LogP contribution in [0.25, 0.3) is 0 Å². The molecule has 0 saturated carbocycles. The highest BCUT2D eigenvalue weighted by atomic mass is 16.5. The van der Waals surface area contributed by atoms with Crippen molar-refractivity contribution in [2.24, 2.45) is 0 Å². The molecule has 144 valence electrons. The summed E-state index contributed by atoms with van der Waals surface area (Å²) in [6.07, 6.45) is 9.22. The first-order valence-electron chi connectivity index (χ1n) is 9.12. The summed E-state index contributed by atoms with van der Waals surface area (Å²) in [7, 11) is 1.61. The monoisotopic (exact) mass is 376 g/mol. The van der Waals surface area contributed by atoms with Crippen molar-refractivity contribution >= 4 is 11.7 Å². The molecule has 2 aromatic carbocycles. The lowest BCUT2D eigenvalue weighted by Gasteiger charge is -2.06. The number of carbonyl (C=O) groups is 1. The molecular formula is C22H24N4O2. The molecule has 1 aromatic heterocycles. The molecule has 0 aliphatic carbocycles. The third-order valence-corrected chi connectivity index (χ3v) is 4.22. The molecule has 0 fully saturated rings. The molecule has 3 rings (SSSR count). The highest BCUT2D eigenvalue weighted by Crippen LogP contribution is 2.14. The van der Waals surface area contributed by atoms with Gasteiger partial charge < -0.3 is 20.4 Å². The number of methoxy groups -OCH3 is 1. The number of hydrogen-bond acceptors (Lipinski definition) is 3. The molecule has 3 N–H and O–H groups in total. The van der Waals surface area contributed by atoms with E-state index < -0.39 is 0 Å². The number of nitrogens with zero attached hydrogens (tertiary/aromatic N) is 1. The van der Waals surface area contributed by atoms with Crippen molar-refractivity contribution in [1.29, 1.82) is 0 Å². The highest BCUT2D eigenvalue weighted by molar-refractivity contribution is 5.89. The second-order valence-corrected chi connectivity index (χ2v) is 6.31. The summed E-state index contributed by atoms with van der Waals surface area (Å²) in [4.78, 5) is 19.0. The first-order valence-corrected chi connectivity index (χ1v) is 9.12. The molecule has 28 heavy (non-hydrogen) atoms. The number of allylic oxidation sites excluding steroid dienone is 1. The SMILES string of the molecule is COc1ccc(NC(=O)NC/C=C/Cc2ccc(Cc3cnc[nH]3)cc2)cc1. The predicted molar refractivity (Wildman–Crippen MR) is 111 cm³/mol. The quantitative estimate of drug-likeness (QED) is 0.521. The number of nitrogens with one attached hydrogen (secondary N) is 3. The lowest BCUT2D eigenvalue weighted by molar-refractivity contribution is 0.253. The molecular weight excluding hydrogens is 352 g/mol. The number of rotatable bonds is 8. The van der Waals surface area contributed by atoms with Crippen LogP contribution in [0.15, 0.2) is 73.2 Å². The average Bonchev–Trinajstić information content (AvgIpc) is 3.22. The summed E-state index contributed by atoms with van der Waals surface area (Å²) in [5.74, 6) is 0.753. The van der Waals surface area contributed by atoms with Gasteiger partial charge in [-0.2, -0.15) is 0 Å². The Morgan fingerprint density at radius 1 is 1.07 bits per heavy atom. The van der Waals surface area contributed by atoms with Gasteiger partial charge in [0.05, 0.1) is 13.4 Å². The Hall–Kier alpha value is -3.54. The Labute approximate surface area is 164 Å². The van der Waals surface area contributed by atoms with E-state index in [2.05, 4.69) is 50.9 Å². The molecule has 0 saturated heterocycles. The lowest BCUT2D eigenvalue weighted by Crippen LogP contribution is -2.28. The normalized spacial score (nSPS) is 10.8. The maximum Gasteiger partial charge on any atom is 0.319 e. The number of aromatic amines is 1. The number of ether oxygens (including phenoxy) is 1. The molecule has 0 unspecified atom stereocenters. The maximum absolute atomic E-state index is 11.9. The Morgan fingerprint density at radius 3 is 2.50 bits per heavy atom. The Bertz CT molecular complexity index is 885. The number of hydrogen-bond donors (Lipinski definition) is 3. The van der Waals surface area contributed by atoms with Gasteiger partial charge in [-0.3, -0.25) is 0 Å². The summed E-state index contributed by atoms with van der Waals surface area (Å²) in [5.41, 5.74) is 4.30. The van der Waals surface area contributed by atoms with Crippen molar-refractivity contribution in [3.63, 3.8) is 0 Å². The Kier molecular flexibility index (Phi) is 6.84. The first kappa shape index (κ1) is 19.2. The van der Waals surface area contributed by atoms with Crippen LogP contribution < -0.4 is 15.4 Å². The van der Waals surface area contributed by atoms with E-state index in [1.807, 2.05) is 12.3 Å². The molecule has 6 heteroatoms. The van der Waals surface area contributed by atoms with E-state index in [0.717, 1.165) is 30.0 Å². The van der Waals surface area contributed by atoms with E-state index in [-0.39, 0.29) is 6.03 Å². The maximum atomic E-state index is 11.9. The molecule has 3 aromatic rings. The van der Waals surface area contributed by atoms with E-state index in [4.69, 9.17) is 4.74 Å². The third kappa shape index (κ3) is 6.02. The summed E-state index contributed by atoms with van der Waals surface area (Å²) in [5, 5.41) is 5.58. The van der Waals surface area contributed by atoms with Gasteiger partial charge in [-0.1, -0.05) is 36.4 Å². The van der Waals surface area contributed by atoms with Gasteiger partial charge in [0, 0.05) is 30.5 Å². The average molecular weight is 376 g/mol. The van der Waals surface area contributed by atoms with Crippen LogP contribution in [0.1, 0.15) is 16.8 Å². The molecule has 1 heterocycles. The second-order valence-electron chi connectivity index (χ2n) is 6.31. The van der Waals surface area contributed by atoms with Gasteiger partial charge in [0.2, 0.25) is 0 Å². The summed E-state index contributed by atoms with van der Waals surface area (Å²) in [6, 6.07) is 15.5. The molecule has 0 bridgehead atoms. The molecule has 0 radical (unpaired) electrons. The van der Waals surface area contributed by atoms with Crippen molar-refractivity contribution in [3.8, 4) is 5.75 Å². The smallest absolute Gasteiger partial charge is 0.319 e. The minimum Gasteiger partial charge on any atom is -0.497 e. The number of amides is 2. The summed E-state index contributed by atoms with van der Waals surface area (Å²) in [6.45, 7) is 0.472. The largest absolute Gasteiger partial charge is 0.497 e. The van der Waals surface area contributed by atoms with Crippen LogP contribution in [0.4, 0.5) is 10.5 Å². The molecule has 0 atom stereocenters. The number of anilines is 1. The lowest BCUT2D eigenvalue weighted by atomic mass is 10.1. The molecule has 0 spiro atoms. The fourth-order valence-electron chi connectivity index (χ4n) is 2.70. The topological polar surface area (TPSA) is 79.0 Å². The van der Waals surface area contributed by atoms with Crippen LogP contribution in [-0.2, 0) is 12.8 Å². The summed E-state index contributed by atoms with van der Waals surface area (Å²) >= 11 is 0. The number of urea groups is 1. The second kappa shape index (κ2) is 9.97. The van der Waals surface area contributed by atoms with Crippen LogP contribution in [0.5, 0.6) is 5.75 Å². The molecule has 6 nitrogen and oxygen atoms in total. The third-order valence-electron chi connectivity index (χ3n) is 4.22. The Morgan fingerprint density at radius 2 is 1.82 bits per heavy atom. The van der Waals surface area contributed by atoms with Crippen molar-refractivity contribution in [2.45, 2.75) is 12.8 Å². The molecule has 0 aliphatic heterocycles. The number of aromatic nitrogens is 2. The zero-order valence-corrected chi connectivity index (χ0v) is 15.8. The van der Waals surface area contributed by atoms with Gasteiger partial charge in [0.15, 0.2) is 0 Å². The van der Waals surface area contributed by atoms with Gasteiger partial charge in [0.25, 0.3) is 0 Å². The van der Waals surface area contributed by atoms with E-state index in [1.165, 1.54) is 11.1 Å². The van der Waals surface area contributed by atoms with E-state index in [0.29, 0.717) is 6.54 Å². The van der Waals surface area contributed by atoms with Crippen LogP contribution in [-0.4, -0.2) is 29.7 Å². The zero-order valence-electron chi connectivity index (χ0n) is 15.8. The van der Waals surface area contributed by atoms with Gasteiger partial charge in [-0.25, -0.2) is 9.78 Å². The fourth-order valence-corrected chi connectivity index (χ4v) is 2.70. The van der Waals surface area contributed by atoms with Gasteiger partial charge >= 0.3 is 6.03 Å². The minimum absolute atomic E-state index is 0.238. The summed E-state index contributed by atoms with van der Waals surface area (Å²) < 4.78 is 5.09. The fraction of sp³-hybridized carbons (Fsp3) is 0.182. The van der Waals surface area contributed by atoms with Crippen LogP contribution in [0, 0.1) is 0 Å². The predicted octanol–water partition coefficient (Wildman–Crippen LogP) is 3.93. The number of carbonyl (C=O) groups excluding carboxylic acids is 1. The van der Waals surface area contributed by atoms with Gasteiger partial charge in [-0.05, 0) is 41.8 Å². The van der Waals surface area contributed by atoms with Crippen molar-refractivity contribution in [3.05, 3.63) is 90.0 Å². The first-order chi connectivity index (χ1) is 13.7. The number of H-pyrrole nitrogens is 1. The number of benzene rings is 2. The standard InChI is InChI=1S/C22H24N4O2/c1-28-21-11-9-19(10-12-21)26-22(27)24-13-3-2-4-17-5-7-18(8-6-17)14-20-15-23-16-25-20/h2-3,5-12,15-16H,4,13-14H2,1H3,(H,23,25)(H2,24,26,27)/b3-2+. The number of imidazole rings is 1. The van der Waals surface area contributed by atoms with E-state index in [9.17, 15) is 4.79 Å². The van der Waals surface area contributed by atoms with Crippen molar-refractivity contribution in [2.75, 3.05) is 19.0 Å². The van der Waals surface area contributed by atoms with Crippen LogP contribution >= 0.6 is 0 Å². The highest BCUT2D eigenvalue weighted by Gasteiger charge is 2.00. The van der Waals surface area contributed by atoms with E-state index in [1.54, 1.807) is 37.7 Å². The zero-order chi connectivity index (χ0) is 19.6. The van der Waals surface area contributed by atoms with E-state index >= 15 is 0 Å².